The largest absolute Gasteiger partial charge is 0.460 e. The number of halogens is 1. The van der Waals surface area contributed by atoms with Gasteiger partial charge in [0, 0.05) is 12.3 Å². The maximum atomic E-state index is 12.9. The van der Waals surface area contributed by atoms with E-state index in [1.165, 1.54) is 12.1 Å². The van der Waals surface area contributed by atoms with Gasteiger partial charge in [0.1, 0.15) is 12.4 Å². The number of rotatable bonds is 5. The highest BCUT2D eigenvalue weighted by Gasteiger charge is 2.11. The van der Waals surface area contributed by atoms with Crippen molar-refractivity contribution in [2.45, 2.75) is 6.92 Å². The Kier molecular flexibility index (Phi) is 4.72. The molecule has 0 aliphatic carbocycles. The number of hydrogen-bond donors (Lipinski definition) is 1. The van der Waals surface area contributed by atoms with Crippen molar-refractivity contribution in [2.24, 2.45) is 0 Å². The summed E-state index contributed by atoms with van der Waals surface area (Å²) in [6.07, 6.45) is 0. The van der Waals surface area contributed by atoms with E-state index in [1.807, 2.05) is 6.92 Å². The molecule has 0 unspecified atom stereocenters. The fourth-order valence-corrected chi connectivity index (χ4v) is 1.12. The molecule has 5 heteroatoms. The number of esters is 1. The zero-order valence-corrected chi connectivity index (χ0v) is 9.03. The van der Waals surface area contributed by atoms with Gasteiger partial charge < -0.3 is 15.2 Å². The summed E-state index contributed by atoms with van der Waals surface area (Å²) in [5.41, 5.74) is 5.76. The van der Waals surface area contributed by atoms with Crippen LogP contribution in [0.2, 0.25) is 0 Å². The predicted molar refractivity (Wildman–Crippen MR) is 57.6 cm³/mol. The van der Waals surface area contributed by atoms with Gasteiger partial charge in [0.05, 0.1) is 12.2 Å². The molecule has 0 aromatic heterocycles. The summed E-state index contributed by atoms with van der Waals surface area (Å²) in [4.78, 5) is 11.5. The van der Waals surface area contributed by atoms with Crippen molar-refractivity contribution < 1.29 is 18.7 Å². The predicted octanol–water partition coefficient (Wildman–Crippen LogP) is 1.60. The summed E-state index contributed by atoms with van der Waals surface area (Å²) in [6, 6.07) is 3.57. The Labute approximate surface area is 93.2 Å². The second-order valence-corrected chi connectivity index (χ2v) is 3.06. The average molecular weight is 227 g/mol. The molecule has 4 nitrogen and oxygen atoms in total. The van der Waals surface area contributed by atoms with Gasteiger partial charge in [0.25, 0.3) is 0 Å². The Morgan fingerprint density at radius 3 is 2.88 bits per heavy atom. The first-order valence-corrected chi connectivity index (χ1v) is 4.95. The number of benzene rings is 1. The van der Waals surface area contributed by atoms with E-state index >= 15 is 0 Å². The van der Waals surface area contributed by atoms with Crippen LogP contribution in [0.4, 0.5) is 10.1 Å². The van der Waals surface area contributed by atoms with Gasteiger partial charge in [-0.2, -0.15) is 0 Å². The number of carbonyl (C=O) groups excluding carboxylic acids is 1. The van der Waals surface area contributed by atoms with Gasteiger partial charge in [-0.25, -0.2) is 9.18 Å². The monoisotopic (exact) mass is 227 g/mol. The third-order valence-corrected chi connectivity index (χ3v) is 1.90. The van der Waals surface area contributed by atoms with Crippen molar-refractivity contribution >= 4 is 11.7 Å². The maximum Gasteiger partial charge on any atom is 0.340 e. The van der Waals surface area contributed by atoms with E-state index in [0.717, 1.165) is 6.07 Å². The van der Waals surface area contributed by atoms with Gasteiger partial charge in [0.15, 0.2) is 0 Å². The number of nitrogen functional groups attached to an aromatic ring is 1. The van der Waals surface area contributed by atoms with E-state index in [9.17, 15) is 9.18 Å². The molecule has 88 valence electrons. The van der Waals surface area contributed by atoms with Crippen LogP contribution in [0.25, 0.3) is 0 Å². The van der Waals surface area contributed by atoms with Crippen LogP contribution in [0, 0.1) is 5.82 Å². The minimum atomic E-state index is -0.642. The summed E-state index contributed by atoms with van der Waals surface area (Å²) in [5, 5.41) is 0. The van der Waals surface area contributed by atoms with E-state index in [0.29, 0.717) is 13.2 Å². The molecule has 0 spiro atoms. The van der Waals surface area contributed by atoms with Crippen LogP contribution < -0.4 is 5.73 Å². The molecule has 0 bridgehead atoms. The van der Waals surface area contributed by atoms with E-state index < -0.39 is 11.8 Å². The topological polar surface area (TPSA) is 61.5 Å². The van der Waals surface area contributed by atoms with E-state index in [2.05, 4.69) is 0 Å². The van der Waals surface area contributed by atoms with E-state index in [4.69, 9.17) is 15.2 Å². The van der Waals surface area contributed by atoms with E-state index in [-0.39, 0.29) is 17.9 Å². The van der Waals surface area contributed by atoms with Gasteiger partial charge in [0.2, 0.25) is 0 Å². The van der Waals surface area contributed by atoms with Crippen LogP contribution in [-0.4, -0.2) is 25.8 Å². The highest BCUT2D eigenvalue weighted by Crippen LogP contribution is 2.14. The molecule has 0 saturated heterocycles. The quantitative estimate of drug-likeness (QED) is 0.471. The fourth-order valence-electron chi connectivity index (χ4n) is 1.12. The fraction of sp³-hybridized carbons (Fsp3) is 0.364. The molecule has 0 radical (unpaired) electrons. The van der Waals surface area contributed by atoms with Crippen LogP contribution in [0.3, 0.4) is 0 Å². The zero-order chi connectivity index (χ0) is 12.0. The molecule has 0 heterocycles. The smallest absolute Gasteiger partial charge is 0.340 e. The normalized spacial score (nSPS) is 10.1. The molecular formula is C11H14FNO3. The van der Waals surface area contributed by atoms with Crippen LogP contribution in [0.5, 0.6) is 0 Å². The lowest BCUT2D eigenvalue weighted by molar-refractivity contribution is 0.0336. The van der Waals surface area contributed by atoms with Crippen LogP contribution in [0.15, 0.2) is 18.2 Å². The van der Waals surface area contributed by atoms with Gasteiger partial charge >= 0.3 is 5.97 Å². The molecule has 0 saturated carbocycles. The van der Waals surface area contributed by atoms with Crippen LogP contribution in [-0.2, 0) is 9.47 Å². The second-order valence-electron chi connectivity index (χ2n) is 3.06. The number of ether oxygens (including phenoxy) is 2. The van der Waals surface area contributed by atoms with Gasteiger partial charge in [-0.15, -0.1) is 0 Å². The van der Waals surface area contributed by atoms with E-state index in [1.54, 1.807) is 0 Å². The zero-order valence-electron chi connectivity index (χ0n) is 9.03. The van der Waals surface area contributed by atoms with Gasteiger partial charge in [-0.3, -0.25) is 0 Å². The number of anilines is 1. The van der Waals surface area contributed by atoms with Crippen molar-refractivity contribution in [3.8, 4) is 0 Å². The SMILES string of the molecule is CCOCCOC(=O)c1cc(F)ccc1N. The van der Waals surface area contributed by atoms with Gasteiger partial charge in [-0.05, 0) is 25.1 Å². The van der Waals surface area contributed by atoms with Crippen molar-refractivity contribution in [1.82, 2.24) is 0 Å². The Hall–Kier alpha value is -1.62. The molecule has 1 aromatic rings. The summed E-state index contributed by atoms with van der Waals surface area (Å²) in [5.74, 6) is -1.16. The van der Waals surface area contributed by atoms with Crippen LogP contribution in [0.1, 0.15) is 17.3 Å². The molecule has 0 amide bonds. The first-order chi connectivity index (χ1) is 7.65. The van der Waals surface area contributed by atoms with Crippen molar-refractivity contribution in [2.75, 3.05) is 25.6 Å². The summed E-state index contributed by atoms with van der Waals surface area (Å²) in [7, 11) is 0. The summed E-state index contributed by atoms with van der Waals surface area (Å²) >= 11 is 0. The highest BCUT2D eigenvalue weighted by molar-refractivity contribution is 5.95. The third-order valence-electron chi connectivity index (χ3n) is 1.90. The summed E-state index contributed by atoms with van der Waals surface area (Å²) in [6.45, 7) is 2.84. The first-order valence-electron chi connectivity index (χ1n) is 4.95. The second kappa shape index (κ2) is 6.07. The highest BCUT2D eigenvalue weighted by atomic mass is 19.1. The Morgan fingerprint density at radius 2 is 2.19 bits per heavy atom. The van der Waals surface area contributed by atoms with Crippen molar-refractivity contribution in [3.05, 3.63) is 29.6 Å². The molecular weight excluding hydrogens is 213 g/mol. The molecule has 16 heavy (non-hydrogen) atoms. The molecule has 1 rings (SSSR count). The van der Waals surface area contributed by atoms with Crippen molar-refractivity contribution in [1.29, 1.82) is 0 Å². The van der Waals surface area contributed by atoms with Gasteiger partial charge in [-0.1, -0.05) is 0 Å². The Morgan fingerprint density at radius 1 is 1.44 bits per heavy atom. The first kappa shape index (κ1) is 12.4. The maximum absolute atomic E-state index is 12.9. The lowest BCUT2D eigenvalue weighted by Crippen LogP contribution is -2.12. The van der Waals surface area contributed by atoms with Crippen LogP contribution >= 0.6 is 0 Å². The standard InChI is InChI=1S/C11H14FNO3/c1-2-15-5-6-16-11(14)9-7-8(12)3-4-10(9)13/h3-4,7H,2,5-6,13H2,1H3. The molecule has 0 atom stereocenters. The number of nitrogens with two attached hydrogens (primary N) is 1. The average Bonchev–Trinajstić information content (AvgIpc) is 2.27. The molecule has 0 aliphatic rings. The molecule has 1 aromatic carbocycles. The Balaban J connectivity index is 2.55. The van der Waals surface area contributed by atoms with Crippen molar-refractivity contribution in [3.63, 3.8) is 0 Å². The number of carbonyl (C=O) groups is 1. The molecule has 0 aliphatic heterocycles. The molecule has 2 N–H and O–H groups in total. The minimum Gasteiger partial charge on any atom is -0.460 e. The number of hydrogen-bond acceptors (Lipinski definition) is 4. The summed E-state index contributed by atoms with van der Waals surface area (Å²) < 4.78 is 22.7. The molecule has 0 fully saturated rings. The lowest BCUT2D eigenvalue weighted by Gasteiger charge is -2.06. The third kappa shape index (κ3) is 3.51. The minimum absolute atomic E-state index is 0.0384. The lowest BCUT2D eigenvalue weighted by atomic mass is 10.2. The Bertz CT molecular complexity index is 368.